The Morgan fingerprint density at radius 3 is 2.58 bits per heavy atom. The molecule has 0 saturated carbocycles. The van der Waals surface area contributed by atoms with Crippen molar-refractivity contribution in [2.45, 2.75) is 51.9 Å². The Hall–Kier alpha value is -3.75. The summed E-state index contributed by atoms with van der Waals surface area (Å²) in [6, 6.07) is 0. The number of aromatic nitrogens is 8. The maximum atomic E-state index is 13.8. The molecule has 0 aliphatic carbocycles. The highest BCUT2D eigenvalue weighted by molar-refractivity contribution is 5.81. The average Bonchev–Trinajstić information content (AvgIpc) is 3.39. The van der Waals surface area contributed by atoms with Crippen LogP contribution in [0.4, 0.5) is 10.2 Å². The number of aryl methyl sites for hydroxylation is 1. The minimum Gasteiger partial charge on any atom is -0.455 e. The molecule has 14 nitrogen and oxygen atoms in total. The standard InChI is InChI=1S/C16H18FN9O5/c1-4-26-23-13(22-24-26)10-9(29-6(2)27)11(30-7(3)28)15(31-10)25-5-19-8-12(18)20-16(17)21-14(8)25/h5,9-11,15H,4H2,1-3H3,(H2,18,20,21)/t9-,10+,11-,15-/m1/s1. The molecule has 4 rings (SSSR count). The average molecular weight is 435 g/mol. The molecule has 2 N–H and O–H groups in total. The van der Waals surface area contributed by atoms with Crippen molar-refractivity contribution in [3.8, 4) is 0 Å². The Labute approximate surface area is 173 Å². The molecule has 0 unspecified atom stereocenters. The quantitative estimate of drug-likeness (QED) is 0.409. The van der Waals surface area contributed by atoms with Gasteiger partial charge < -0.3 is 19.9 Å². The molecule has 15 heteroatoms. The van der Waals surface area contributed by atoms with Crippen LogP contribution in [-0.4, -0.2) is 63.9 Å². The van der Waals surface area contributed by atoms with Crippen molar-refractivity contribution < 1.29 is 28.2 Å². The second kappa shape index (κ2) is 7.82. The van der Waals surface area contributed by atoms with E-state index in [0.29, 0.717) is 6.54 Å². The molecule has 0 bridgehead atoms. The Bertz CT molecular complexity index is 1150. The summed E-state index contributed by atoms with van der Waals surface area (Å²) in [6.07, 6.45) is -4.24. The Morgan fingerprint density at radius 1 is 1.23 bits per heavy atom. The third-order valence-electron chi connectivity index (χ3n) is 4.49. The first kappa shape index (κ1) is 20.5. The molecule has 1 aliphatic rings. The number of tetrazole rings is 1. The number of carbonyl (C=O) groups is 2. The van der Waals surface area contributed by atoms with Crippen molar-refractivity contribution in [3.05, 3.63) is 18.2 Å². The largest absolute Gasteiger partial charge is 0.455 e. The van der Waals surface area contributed by atoms with Gasteiger partial charge in [0, 0.05) is 13.8 Å². The molecule has 4 heterocycles. The van der Waals surface area contributed by atoms with Crippen LogP contribution in [0.25, 0.3) is 11.2 Å². The van der Waals surface area contributed by atoms with Crippen molar-refractivity contribution in [3.63, 3.8) is 0 Å². The maximum Gasteiger partial charge on any atom is 0.312 e. The molecular formula is C16H18FN9O5. The number of nitrogens with zero attached hydrogens (tertiary/aromatic N) is 8. The minimum atomic E-state index is -1.16. The SMILES string of the molecule is CCn1nnc([C@H]2O[C@@H](n3cnc4c(N)nc(F)nc43)[C@H](OC(C)=O)[C@@H]2OC(C)=O)n1. The molecule has 3 aromatic rings. The fourth-order valence-corrected chi connectivity index (χ4v) is 3.31. The zero-order chi connectivity index (χ0) is 22.3. The molecule has 1 aliphatic heterocycles. The molecular weight excluding hydrogens is 417 g/mol. The van der Waals surface area contributed by atoms with Crippen LogP contribution in [0.15, 0.2) is 6.33 Å². The van der Waals surface area contributed by atoms with Gasteiger partial charge in [0.2, 0.25) is 5.82 Å². The van der Waals surface area contributed by atoms with Crippen LogP contribution in [0.2, 0.25) is 0 Å². The highest BCUT2D eigenvalue weighted by Gasteiger charge is 2.53. The maximum absolute atomic E-state index is 13.8. The Kier molecular flexibility index (Phi) is 5.18. The second-order valence-electron chi connectivity index (χ2n) is 6.63. The summed E-state index contributed by atoms with van der Waals surface area (Å²) in [7, 11) is 0. The summed E-state index contributed by atoms with van der Waals surface area (Å²) in [4.78, 5) is 36.2. The van der Waals surface area contributed by atoms with E-state index in [-0.39, 0.29) is 22.8 Å². The number of imidazole rings is 1. The van der Waals surface area contributed by atoms with Gasteiger partial charge >= 0.3 is 18.0 Å². The summed E-state index contributed by atoms with van der Waals surface area (Å²) in [6.45, 7) is 4.63. The van der Waals surface area contributed by atoms with E-state index in [0.717, 1.165) is 0 Å². The molecule has 3 aromatic heterocycles. The fourth-order valence-electron chi connectivity index (χ4n) is 3.31. The Morgan fingerprint density at radius 2 is 1.94 bits per heavy atom. The van der Waals surface area contributed by atoms with Gasteiger partial charge in [-0.1, -0.05) is 0 Å². The lowest BCUT2D eigenvalue weighted by Crippen LogP contribution is -2.37. The summed E-state index contributed by atoms with van der Waals surface area (Å²) in [5.41, 5.74) is 5.84. The van der Waals surface area contributed by atoms with Crippen molar-refractivity contribution in [2.75, 3.05) is 5.73 Å². The zero-order valence-electron chi connectivity index (χ0n) is 16.7. The van der Waals surface area contributed by atoms with E-state index in [1.807, 2.05) is 6.92 Å². The van der Waals surface area contributed by atoms with Crippen LogP contribution < -0.4 is 5.73 Å². The van der Waals surface area contributed by atoms with Crippen LogP contribution >= 0.6 is 0 Å². The van der Waals surface area contributed by atoms with Gasteiger partial charge in [-0.2, -0.15) is 19.2 Å². The lowest BCUT2D eigenvalue weighted by Gasteiger charge is -2.23. The van der Waals surface area contributed by atoms with E-state index in [1.54, 1.807) is 0 Å². The second-order valence-corrected chi connectivity index (χ2v) is 6.63. The van der Waals surface area contributed by atoms with E-state index in [1.165, 1.54) is 29.5 Å². The van der Waals surface area contributed by atoms with Crippen LogP contribution in [-0.2, 0) is 30.3 Å². The summed E-state index contributed by atoms with van der Waals surface area (Å²) in [5, 5.41) is 12.0. The van der Waals surface area contributed by atoms with Crippen molar-refractivity contribution in [1.29, 1.82) is 0 Å². The first-order valence-electron chi connectivity index (χ1n) is 9.21. The monoisotopic (exact) mass is 435 g/mol. The van der Waals surface area contributed by atoms with Gasteiger partial charge in [0.25, 0.3) is 0 Å². The summed E-state index contributed by atoms with van der Waals surface area (Å²) in [5.74, 6) is -1.37. The number of halogens is 1. The smallest absolute Gasteiger partial charge is 0.312 e. The number of hydrogen-bond acceptors (Lipinski definition) is 12. The zero-order valence-corrected chi connectivity index (χ0v) is 16.7. The summed E-state index contributed by atoms with van der Waals surface area (Å²) >= 11 is 0. The van der Waals surface area contributed by atoms with Gasteiger partial charge in [0.15, 0.2) is 41.5 Å². The summed E-state index contributed by atoms with van der Waals surface area (Å²) < 4.78 is 32.0. The first-order valence-corrected chi connectivity index (χ1v) is 9.21. The number of fused-ring (bicyclic) bond motifs is 1. The molecule has 1 fully saturated rings. The van der Waals surface area contributed by atoms with Crippen LogP contribution in [0, 0.1) is 6.08 Å². The van der Waals surface area contributed by atoms with E-state index in [2.05, 4.69) is 30.4 Å². The van der Waals surface area contributed by atoms with Gasteiger partial charge in [-0.05, 0) is 12.1 Å². The molecule has 0 radical (unpaired) electrons. The third kappa shape index (κ3) is 3.74. The topological polar surface area (TPSA) is 175 Å². The van der Waals surface area contributed by atoms with Crippen molar-refractivity contribution in [2.24, 2.45) is 0 Å². The van der Waals surface area contributed by atoms with E-state index in [4.69, 9.17) is 19.9 Å². The van der Waals surface area contributed by atoms with E-state index < -0.39 is 42.6 Å². The first-order chi connectivity index (χ1) is 14.8. The number of esters is 2. The number of rotatable bonds is 5. The fraction of sp³-hybridized carbons (Fsp3) is 0.500. The predicted molar refractivity (Wildman–Crippen MR) is 97.2 cm³/mol. The molecule has 4 atom stereocenters. The van der Waals surface area contributed by atoms with Gasteiger partial charge in [-0.25, -0.2) is 4.98 Å². The van der Waals surface area contributed by atoms with E-state index >= 15 is 0 Å². The highest BCUT2D eigenvalue weighted by atomic mass is 19.1. The van der Waals surface area contributed by atoms with Crippen molar-refractivity contribution in [1.82, 2.24) is 39.7 Å². The number of hydrogen-bond donors (Lipinski definition) is 1. The molecule has 1 saturated heterocycles. The van der Waals surface area contributed by atoms with Crippen LogP contribution in [0.5, 0.6) is 0 Å². The number of anilines is 1. The van der Waals surface area contributed by atoms with Gasteiger partial charge in [0.1, 0.15) is 0 Å². The normalized spacial score (nSPS) is 23.2. The molecule has 0 spiro atoms. The van der Waals surface area contributed by atoms with Gasteiger partial charge in [-0.3, -0.25) is 14.2 Å². The third-order valence-corrected chi connectivity index (χ3v) is 4.49. The molecule has 0 amide bonds. The molecule has 164 valence electrons. The number of nitrogens with two attached hydrogens (primary N) is 1. The van der Waals surface area contributed by atoms with Gasteiger partial charge in [0.05, 0.1) is 12.9 Å². The lowest BCUT2D eigenvalue weighted by molar-refractivity contribution is -0.165. The predicted octanol–water partition coefficient (Wildman–Crippen LogP) is -0.312. The van der Waals surface area contributed by atoms with Crippen molar-refractivity contribution >= 4 is 28.9 Å². The lowest BCUT2D eigenvalue weighted by atomic mass is 10.1. The minimum absolute atomic E-state index is 0.000418. The Balaban J connectivity index is 1.82. The van der Waals surface area contributed by atoms with Crippen LogP contribution in [0.3, 0.4) is 0 Å². The van der Waals surface area contributed by atoms with Gasteiger partial charge in [-0.15, -0.1) is 10.2 Å². The highest BCUT2D eigenvalue weighted by Crippen LogP contribution is 2.42. The number of nitrogen functional groups attached to an aromatic ring is 1. The molecule has 31 heavy (non-hydrogen) atoms. The van der Waals surface area contributed by atoms with Crippen LogP contribution in [0.1, 0.15) is 38.9 Å². The number of carbonyl (C=O) groups excluding carboxylic acids is 2. The molecule has 0 aromatic carbocycles. The van der Waals surface area contributed by atoms with E-state index in [9.17, 15) is 14.0 Å². The number of ether oxygens (including phenoxy) is 3.